The highest BCUT2D eigenvalue weighted by atomic mass is 16.5. The molecule has 1 aromatic rings. The van der Waals surface area contributed by atoms with Gasteiger partial charge in [-0.1, -0.05) is 25.5 Å². The summed E-state index contributed by atoms with van der Waals surface area (Å²) in [5.74, 6) is -1.09. The molecule has 1 aliphatic rings. The SMILES string of the molecule is CCCCN1C(=O)NC(=O)C(Cc2ccc(OC)cc2)C1=O. The van der Waals surface area contributed by atoms with Crippen LogP contribution in [0.1, 0.15) is 25.3 Å². The van der Waals surface area contributed by atoms with E-state index < -0.39 is 23.8 Å². The van der Waals surface area contributed by atoms with Crippen LogP contribution in [0.3, 0.4) is 0 Å². The molecule has 22 heavy (non-hydrogen) atoms. The van der Waals surface area contributed by atoms with Crippen LogP contribution in [0.2, 0.25) is 0 Å². The summed E-state index contributed by atoms with van der Waals surface area (Å²) >= 11 is 0. The van der Waals surface area contributed by atoms with E-state index >= 15 is 0 Å². The molecule has 118 valence electrons. The predicted octanol–water partition coefficient (Wildman–Crippen LogP) is 1.73. The molecule has 0 saturated carbocycles. The quantitative estimate of drug-likeness (QED) is 0.812. The summed E-state index contributed by atoms with van der Waals surface area (Å²) in [5.41, 5.74) is 0.846. The molecule has 6 nitrogen and oxygen atoms in total. The van der Waals surface area contributed by atoms with Gasteiger partial charge in [0, 0.05) is 6.54 Å². The Balaban J connectivity index is 2.11. The average Bonchev–Trinajstić information content (AvgIpc) is 2.52. The first-order chi connectivity index (χ1) is 10.6. The van der Waals surface area contributed by atoms with Crippen LogP contribution in [0, 0.1) is 5.92 Å². The van der Waals surface area contributed by atoms with Gasteiger partial charge >= 0.3 is 6.03 Å². The summed E-state index contributed by atoms with van der Waals surface area (Å²) < 4.78 is 5.08. The fraction of sp³-hybridized carbons (Fsp3) is 0.438. The van der Waals surface area contributed by atoms with Gasteiger partial charge in [-0.25, -0.2) is 4.79 Å². The number of barbiturate groups is 1. The molecule has 0 aromatic heterocycles. The number of urea groups is 1. The number of ether oxygens (including phenoxy) is 1. The number of carbonyl (C=O) groups is 3. The lowest BCUT2D eigenvalue weighted by Crippen LogP contribution is -2.58. The zero-order valence-corrected chi connectivity index (χ0v) is 12.8. The van der Waals surface area contributed by atoms with Crippen LogP contribution in [-0.2, 0) is 16.0 Å². The highest BCUT2D eigenvalue weighted by molar-refractivity contribution is 6.16. The fourth-order valence-corrected chi connectivity index (χ4v) is 2.37. The Bertz CT molecular complexity index is 568. The molecule has 1 saturated heterocycles. The van der Waals surface area contributed by atoms with Gasteiger partial charge < -0.3 is 4.74 Å². The topological polar surface area (TPSA) is 75.7 Å². The summed E-state index contributed by atoms with van der Waals surface area (Å²) in [7, 11) is 1.57. The largest absolute Gasteiger partial charge is 0.497 e. The standard InChI is InChI=1S/C16H20N2O4/c1-3-4-9-18-15(20)13(14(19)17-16(18)21)10-11-5-7-12(22-2)8-6-11/h5-8,13H,3-4,9-10H2,1-2H3,(H,17,19,21). The third-order valence-electron chi connectivity index (χ3n) is 3.69. The molecule has 0 radical (unpaired) electrons. The molecular weight excluding hydrogens is 284 g/mol. The molecule has 1 atom stereocenters. The highest BCUT2D eigenvalue weighted by Gasteiger charge is 2.39. The first-order valence-electron chi connectivity index (χ1n) is 7.36. The van der Waals surface area contributed by atoms with E-state index in [-0.39, 0.29) is 6.42 Å². The molecule has 6 heteroatoms. The number of hydrogen-bond donors (Lipinski definition) is 1. The Morgan fingerprint density at radius 3 is 2.45 bits per heavy atom. The van der Waals surface area contributed by atoms with Gasteiger partial charge in [-0.2, -0.15) is 0 Å². The zero-order chi connectivity index (χ0) is 16.1. The van der Waals surface area contributed by atoms with Crippen LogP contribution in [0.5, 0.6) is 5.75 Å². The van der Waals surface area contributed by atoms with Crippen molar-refractivity contribution in [3.05, 3.63) is 29.8 Å². The summed E-state index contributed by atoms with van der Waals surface area (Å²) in [6.45, 7) is 2.32. The van der Waals surface area contributed by atoms with Crippen LogP contribution in [0.4, 0.5) is 4.79 Å². The molecule has 1 N–H and O–H groups in total. The van der Waals surface area contributed by atoms with Gasteiger partial charge in [0.15, 0.2) is 0 Å². The Kier molecular flexibility index (Phi) is 5.14. The zero-order valence-electron chi connectivity index (χ0n) is 12.8. The number of hydrogen-bond acceptors (Lipinski definition) is 4. The Labute approximate surface area is 129 Å². The van der Waals surface area contributed by atoms with Crippen LogP contribution in [0.15, 0.2) is 24.3 Å². The number of methoxy groups -OCH3 is 1. The Hall–Kier alpha value is -2.37. The van der Waals surface area contributed by atoms with Gasteiger partial charge in [0.1, 0.15) is 11.7 Å². The molecule has 1 aliphatic heterocycles. The highest BCUT2D eigenvalue weighted by Crippen LogP contribution is 2.19. The minimum atomic E-state index is -0.858. The molecule has 0 bridgehead atoms. The van der Waals surface area contributed by atoms with E-state index in [0.717, 1.165) is 23.3 Å². The fourth-order valence-electron chi connectivity index (χ4n) is 2.37. The summed E-state index contributed by atoms with van der Waals surface area (Å²) in [4.78, 5) is 37.3. The lowest BCUT2D eigenvalue weighted by atomic mass is 9.95. The monoisotopic (exact) mass is 304 g/mol. The summed E-state index contributed by atoms with van der Waals surface area (Å²) in [5, 5.41) is 2.26. The summed E-state index contributed by atoms with van der Waals surface area (Å²) in [6, 6.07) is 6.56. The maximum absolute atomic E-state index is 12.4. The van der Waals surface area contributed by atoms with E-state index in [4.69, 9.17) is 4.74 Å². The number of imide groups is 2. The molecule has 1 unspecified atom stereocenters. The predicted molar refractivity (Wildman–Crippen MR) is 80.3 cm³/mol. The van der Waals surface area contributed by atoms with E-state index in [1.54, 1.807) is 19.2 Å². The first kappa shape index (κ1) is 16.0. The number of rotatable bonds is 6. The number of carbonyl (C=O) groups excluding carboxylic acids is 3. The molecule has 0 aliphatic carbocycles. The number of nitrogens with zero attached hydrogens (tertiary/aromatic N) is 1. The van der Waals surface area contributed by atoms with Crippen molar-refractivity contribution in [2.75, 3.05) is 13.7 Å². The van der Waals surface area contributed by atoms with Crippen molar-refractivity contribution in [1.29, 1.82) is 0 Å². The second-order valence-corrected chi connectivity index (χ2v) is 5.24. The van der Waals surface area contributed by atoms with Crippen molar-refractivity contribution < 1.29 is 19.1 Å². The molecule has 1 heterocycles. The van der Waals surface area contributed by atoms with Crippen LogP contribution < -0.4 is 10.1 Å². The molecular formula is C16H20N2O4. The van der Waals surface area contributed by atoms with Gasteiger partial charge in [0.25, 0.3) is 0 Å². The van der Waals surface area contributed by atoms with E-state index in [0.29, 0.717) is 12.3 Å². The molecule has 4 amide bonds. The Morgan fingerprint density at radius 1 is 1.18 bits per heavy atom. The van der Waals surface area contributed by atoms with Gasteiger partial charge in [-0.05, 0) is 30.5 Å². The first-order valence-corrected chi connectivity index (χ1v) is 7.36. The number of benzene rings is 1. The molecule has 2 rings (SSSR count). The van der Waals surface area contributed by atoms with E-state index in [1.807, 2.05) is 19.1 Å². The van der Waals surface area contributed by atoms with Crippen molar-refractivity contribution in [1.82, 2.24) is 10.2 Å². The molecule has 1 fully saturated rings. The smallest absolute Gasteiger partial charge is 0.330 e. The minimum Gasteiger partial charge on any atom is -0.497 e. The maximum Gasteiger partial charge on any atom is 0.330 e. The maximum atomic E-state index is 12.4. The summed E-state index contributed by atoms with van der Waals surface area (Å²) in [6.07, 6.45) is 1.86. The Morgan fingerprint density at radius 2 is 1.86 bits per heavy atom. The second-order valence-electron chi connectivity index (χ2n) is 5.24. The van der Waals surface area contributed by atoms with Gasteiger partial charge in [-0.3, -0.25) is 19.8 Å². The normalized spacial score (nSPS) is 18.4. The van der Waals surface area contributed by atoms with Gasteiger partial charge in [-0.15, -0.1) is 0 Å². The van der Waals surface area contributed by atoms with Crippen molar-refractivity contribution in [3.8, 4) is 5.75 Å². The van der Waals surface area contributed by atoms with Crippen molar-refractivity contribution in [2.45, 2.75) is 26.2 Å². The second kappa shape index (κ2) is 7.06. The lowest BCUT2D eigenvalue weighted by Gasteiger charge is -2.30. The van der Waals surface area contributed by atoms with E-state index in [9.17, 15) is 14.4 Å². The average molecular weight is 304 g/mol. The third-order valence-corrected chi connectivity index (χ3v) is 3.69. The van der Waals surface area contributed by atoms with Crippen molar-refractivity contribution in [3.63, 3.8) is 0 Å². The van der Waals surface area contributed by atoms with Gasteiger partial charge in [0.2, 0.25) is 11.8 Å². The number of amides is 4. The number of unbranched alkanes of at least 4 members (excludes halogenated alkanes) is 1. The lowest BCUT2D eigenvalue weighted by molar-refractivity contribution is -0.142. The van der Waals surface area contributed by atoms with E-state index in [2.05, 4.69) is 5.32 Å². The molecule has 0 spiro atoms. The van der Waals surface area contributed by atoms with Gasteiger partial charge in [0.05, 0.1) is 7.11 Å². The van der Waals surface area contributed by atoms with Crippen LogP contribution in [0.25, 0.3) is 0 Å². The van der Waals surface area contributed by atoms with Crippen LogP contribution >= 0.6 is 0 Å². The van der Waals surface area contributed by atoms with Crippen LogP contribution in [-0.4, -0.2) is 36.4 Å². The minimum absolute atomic E-state index is 0.268. The van der Waals surface area contributed by atoms with E-state index in [1.165, 1.54) is 0 Å². The molecule has 1 aromatic carbocycles. The number of nitrogens with one attached hydrogen (secondary N) is 1. The third kappa shape index (κ3) is 3.44. The van der Waals surface area contributed by atoms with Crippen molar-refractivity contribution >= 4 is 17.8 Å². The van der Waals surface area contributed by atoms with Crippen molar-refractivity contribution in [2.24, 2.45) is 5.92 Å².